The Morgan fingerprint density at radius 1 is 1.55 bits per heavy atom. The van der Waals surface area contributed by atoms with Gasteiger partial charge in [-0.3, -0.25) is 0 Å². The van der Waals surface area contributed by atoms with Crippen molar-refractivity contribution in [3.63, 3.8) is 0 Å². The van der Waals surface area contributed by atoms with Crippen molar-refractivity contribution in [1.82, 2.24) is 15.0 Å². The first-order valence-corrected chi connectivity index (χ1v) is 6.84. The molecule has 0 atom stereocenters. The van der Waals surface area contributed by atoms with Crippen LogP contribution in [0.1, 0.15) is 15.5 Å². The van der Waals surface area contributed by atoms with Gasteiger partial charge in [-0.2, -0.15) is 4.98 Å². The molecule has 0 bridgehead atoms. The molecular formula is C11H11ClN4O3S. The quantitative estimate of drug-likeness (QED) is 0.841. The Labute approximate surface area is 123 Å². The smallest absolute Gasteiger partial charge is 0.355 e. The van der Waals surface area contributed by atoms with Gasteiger partial charge in [-0.1, -0.05) is 11.6 Å². The van der Waals surface area contributed by atoms with Crippen LogP contribution in [-0.4, -0.2) is 39.7 Å². The summed E-state index contributed by atoms with van der Waals surface area (Å²) in [7, 11) is 1.47. The normalized spacial score (nSPS) is 10.3. The van der Waals surface area contributed by atoms with Crippen molar-refractivity contribution in [2.24, 2.45) is 0 Å². The third-order valence-corrected chi connectivity index (χ3v) is 3.49. The lowest BCUT2D eigenvalue weighted by atomic mass is 10.4. The van der Waals surface area contributed by atoms with Crippen molar-refractivity contribution < 1.29 is 14.6 Å². The second-order valence-corrected chi connectivity index (χ2v) is 5.01. The number of methoxy groups -OCH3 is 1. The average Bonchev–Trinajstić information content (AvgIpc) is 2.90. The molecule has 0 aliphatic heterocycles. The van der Waals surface area contributed by atoms with Crippen LogP contribution in [0.15, 0.2) is 11.6 Å². The lowest BCUT2D eigenvalue weighted by molar-refractivity contribution is 0.0691. The lowest BCUT2D eigenvalue weighted by Gasteiger charge is -2.07. The minimum Gasteiger partial charge on any atom is -0.476 e. The van der Waals surface area contributed by atoms with Crippen molar-refractivity contribution in [1.29, 1.82) is 0 Å². The molecule has 2 aromatic heterocycles. The van der Waals surface area contributed by atoms with Crippen LogP contribution in [0.5, 0.6) is 6.01 Å². The largest absolute Gasteiger partial charge is 0.476 e. The van der Waals surface area contributed by atoms with Crippen LogP contribution in [0.2, 0.25) is 5.02 Å². The van der Waals surface area contributed by atoms with E-state index in [4.69, 9.17) is 21.4 Å². The van der Waals surface area contributed by atoms with Crippen LogP contribution in [-0.2, 0) is 6.42 Å². The van der Waals surface area contributed by atoms with Crippen molar-refractivity contribution in [3.8, 4) is 6.01 Å². The Morgan fingerprint density at radius 3 is 3.00 bits per heavy atom. The number of carbonyl (C=O) groups is 1. The topological polar surface area (TPSA) is 97.2 Å². The molecule has 106 valence electrons. The molecule has 0 unspecified atom stereocenters. The van der Waals surface area contributed by atoms with Crippen LogP contribution in [0.4, 0.5) is 5.82 Å². The molecule has 20 heavy (non-hydrogen) atoms. The summed E-state index contributed by atoms with van der Waals surface area (Å²) < 4.78 is 4.91. The molecule has 0 spiro atoms. The molecule has 2 heterocycles. The number of hydrogen-bond donors (Lipinski definition) is 2. The summed E-state index contributed by atoms with van der Waals surface area (Å²) in [6.45, 7) is 0.520. The van der Waals surface area contributed by atoms with Crippen molar-refractivity contribution in [3.05, 3.63) is 27.3 Å². The predicted molar refractivity (Wildman–Crippen MR) is 74.9 cm³/mol. The Bertz CT molecular complexity index is 619. The second-order valence-electron chi connectivity index (χ2n) is 3.66. The molecule has 2 N–H and O–H groups in total. The highest BCUT2D eigenvalue weighted by Gasteiger charge is 2.09. The standard InChI is InChI=1S/C11H11ClN4O3S/c1-19-11-14-4-6(12)9(16-11)13-3-2-8-15-7(5-20-8)10(17)18/h4-5H,2-3H2,1H3,(H,17,18)(H,13,14,16). The molecule has 2 aromatic rings. The fourth-order valence-corrected chi connectivity index (χ4v) is 2.32. The molecule has 0 saturated carbocycles. The highest BCUT2D eigenvalue weighted by molar-refractivity contribution is 7.09. The highest BCUT2D eigenvalue weighted by atomic mass is 35.5. The van der Waals surface area contributed by atoms with Gasteiger partial charge in [-0.25, -0.2) is 14.8 Å². The average molecular weight is 315 g/mol. The highest BCUT2D eigenvalue weighted by Crippen LogP contribution is 2.20. The number of rotatable bonds is 6. The van der Waals surface area contributed by atoms with Gasteiger partial charge in [0, 0.05) is 18.3 Å². The van der Waals surface area contributed by atoms with E-state index in [0.717, 1.165) is 5.01 Å². The number of nitrogens with zero attached hydrogens (tertiary/aromatic N) is 3. The summed E-state index contributed by atoms with van der Waals surface area (Å²) in [5.74, 6) is -0.558. The van der Waals surface area contributed by atoms with Gasteiger partial charge in [0.15, 0.2) is 11.5 Å². The molecule has 0 amide bonds. The maximum atomic E-state index is 10.7. The second kappa shape index (κ2) is 6.49. The van der Waals surface area contributed by atoms with Crippen LogP contribution in [0, 0.1) is 0 Å². The third-order valence-electron chi connectivity index (χ3n) is 2.31. The van der Waals surface area contributed by atoms with E-state index in [2.05, 4.69) is 20.3 Å². The molecule has 7 nitrogen and oxygen atoms in total. The number of aromatic nitrogens is 3. The third kappa shape index (κ3) is 3.55. The van der Waals surface area contributed by atoms with E-state index < -0.39 is 5.97 Å². The summed E-state index contributed by atoms with van der Waals surface area (Å²) in [5, 5.41) is 14.4. The first-order chi connectivity index (χ1) is 9.60. The zero-order valence-corrected chi connectivity index (χ0v) is 12.0. The van der Waals surface area contributed by atoms with Gasteiger partial charge in [0.25, 0.3) is 0 Å². The van der Waals surface area contributed by atoms with E-state index in [1.54, 1.807) is 0 Å². The first-order valence-electron chi connectivity index (χ1n) is 5.58. The van der Waals surface area contributed by atoms with Gasteiger partial charge in [-0.15, -0.1) is 11.3 Å². The lowest BCUT2D eigenvalue weighted by Crippen LogP contribution is -2.08. The van der Waals surface area contributed by atoms with Crippen molar-refractivity contribution >= 4 is 34.7 Å². The minimum atomic E-state index is -1.02. The first kappa shape index (κ1) is 14.5. The Balaban J connectivity index is 1.93. The fourth-order valence-electron chi connectivity index (χ4n) is 1.39. The van der Waals surface area contributed by atoms with Crippen LogP contribution in [0.25, 0.3) is 0 Å². The Kier molecular flexibility index (Phi) is 4.70. The van der Waals surface area contributed by atoms with Gasteiger partial charge in [-0.05, 0) is 0 Å². The number of anilines is 1. The SMILES string of the molecule is COc1ncc(Cl)c(NCCc2nc(C(=O)O)cs2)n1. The number of ether oxygens (including phenoxy) is 1. The van der Waals surface area contributed by atoms with Crippen molar-refractivity contribution in [2.75, 3.05) is 19.0 Å². The summed E-state index contributed by atoms with van der Waals surface area (Å²) in [5.41, 5.74) is 0.0618. The predicted octanol–water partition coefficient (Wildman–Crippen LogP) is 1.95. The van der Waals surface area contributed by atoms with E-state index >= 15 is 0 Å². The van der Waals surface area contributed by atoms with E-state index in [1.165, 1.54) is 30.0 Å². The van der Waals surface area contributed by atoms with E-state index in [0.29, 0.717) is 23.8 Å². The minimum absolute atomic E-state index is 0.0618. The van der Waals surface area contributed by atoms with Crippen LogP contribution in [0.3, 0.4) is 0 Å². The van der Waals surface area contributed by atoms with E-state index in [9.17, 15) is 4.79 Å². The van der Waals surface area contributed by atoms with Crippen LogP contribution < -0.4 is 10.1 Å². The summed E-state index contributed by atoms with van der Waals surface area (Å²) in [6.07, 6.45) is 2.02. The molecule has 0 radical (unpaired) electrons. The Morgan fingerprint density at radius 2 is 2.35 bits per heavy atom. The summed E-state index contributed by atoms with van der Waals surface area (Å²) in [6, 6.07) is 0.222. The number of thiazole rings is 1. The number of nitrogens with one attached hydrogen (secondary N) is 1. The number of hydrogen-bond acceptors (Lipinski definition) is 7. The molecule has 9 heteroatoms. The van der Waals surface area contributed by atoms with E-state index in [1.807, 2.05) is 0 Å². The molecule has 0 saturated heterocycles. The van der Waals surface area contributed by atoms with Gasteiger partial charge in [0.05, 0.1) is 18.3 Å². The van der Waals surface area contributed by atoms with Crippen molar-refractivity contribution in [2.45, 2.75) is 6.42 Å². The number of carboxylic acid groups (broad SMARTS) is 1. The Hall–Kier alpha value is -1.93. The summed E-state index contributed by atoms with van der Waals surface area (Å²) >= 11 is 7.25. The monoisotopic (exact) mass is 314 g/mol. The molecule has 0 aromatic carbocycles. The maximum absolute atomic E-state index is 10.7. The number of carboxylic acids is 1. The number of aromatic carboxylic acids is 1. The molecular weight excluding hydrogens is 304 g/mol. The zero-order chi connectivity index (χ0) is 14.5. The molecule has 0 aliphatic carbocycles. The maximum Gasteiger partial charge on any atom is 0.355 e. The van der Waals surface area contributed by atoms with Gasteiger partial charge in [0.1, 0.15) is 5.02 Å². The van der Waals surface area contributed by atoms with Gasteiger partial charge >= 0.3 is 12.0 Å². The summed E-state index contributed by atoms with van der Waals surface area (Å²) in [4.78, 5) is 22.6. The molecule has 0 fully saturated rings. The fraction of sp³-hybridized carbons (Fsp3) is 0.273. The number of halogens is 1. The van der Waals surface area contributed by atoms with Gasteiger partial charge < -0.3 is 15.2 Å². The molecule has 0 aliphatic rings. The van der Waals surface area contributed by atoms with E-state index in [-0.39, 0.29) is 11.7 Å². The molecule has 2 rings (SSSR count). The zero-order valence-electron chi connectivity index (χ0n) is 10.5. The van der Waals surface area contributed by atoms with Crippen LogP contribution >= 0.6 is 22.9 Å². The van der Waals surface area contributed by atoms with Gasteiger partial charge in [0.2, 0.25) is 0 Å².